The van der Waals surface area contributed by atoms with Crippen LogP contribution in [-0.2, 0) is 11.3 Å². The van der Waals surface area contributed by atoms with Gasteiger partial charge in [-0.1, -0.05) is 37.5 Å². The predicted molar refractivity (Wildman–Crippen MR) is 137 cm³/mol. The van der Waals surface area contributed by atoms with Crippen LogP contribution in [0, 0.1) is 0 Å². The average molecular weight is 480 g/mol. The number of likely N-dealkylation sites (tertiary alicyclic amines) is 1. The number of rotatable bonds is 4. The first-order chi connectivity index (χ1) is 17.1. The first kappa shape index (κ1) is 25.2. The molecule has 1 saturated heterocycles. The number of benzene rings is 2. The Kier molecular flexibility index (Phi) is 9.15. The fourth-order valence-electron chi connectivity index (χ4n) is 4.77. The zero-order chi connectivity index (χ0) is 24.5. The standard InChI is InChI=1S/C28H37N3O4/c32-24-13-17-30(18-14-24)28(34)22-11-12-26-23(19-22)20-29-15-7-2-1-3-8-16-31(26)27(33)21-35-25-9-5-4-6-10-25/h4-6,9-12,19,24,29,32H,1-3,7-8,13-18,20-21H2. The largest absolute Gasteiger partial charge is 0.484 e. The van der Waals surface area contributed by atoms with Crippen LogP contribution in [0.15, 0.2) is 48.5 Å². The maximum Gasteiger partial charge on any atom is 0.264 e. The number of anilines is 1. The number of fused-ring (bicyclic) bond motifs is 1. The average Bonchev–Trinajstić information content (AvgIpc) is 2.88. The van der Waals surface area contributed by atoms with Crippen LogP contribution in [0.2, 0.25) is 0 Å². The van der Waals surface area contributed by atoms with Crippen molar-refractivity contribution in [2.75, 3.05) is 37.7 Å². The number of hydrogen-bond donors (Lipinski definition) is 2. The van der Waals surface area contributed by atoms with Crippen molar-refractivity contribution in [1.29, 1.82) is 0 Å². The molecule has 0 spiro atoms. The fourth-order valence-corrected chi connectivity index (χ4v) is 4.77. The zero-order valence-corrected chi connectivity index (χ0v) is 20.5. The van der Waals surface area contributed by atoms with E-state index < -0.39 is 0 Å². The SMILES string of the molecule is O=C(c1ccc2c(c1)CNCCCCCCCN2C(=O)COc1ccccc1)N1CCC(O)CC1. The molecule has 0 atom stereocenters. The number of amides is 2. The van der Waals surface area contributed by atoms with Crippen molar-refractivity contribution in [2.45, 2.75) is 57.6 Å². The van der Waals surface area contributed by atoms with Crippen molar-refractivity contribution in [3.8, 4) is 5.75 Å². The van der Waals surface area contributed by atoms with E-state index in [0.29, 0.717) is 50.3 Å². The molecule has 188 valence electrons. The van der Waals surface area contributed by atoms with Gasteiger partial charge in [0.15, 0.2) is 6.61 Å². The third-order valence-electron chi connectivity index (χ3n) is 6.83. The van der Waals surface area contributed by atoms with Crippen molar-refractivity contribution in [1.82, 2.24) is 10.2 Å². The molecular weight excluding hydrogens is 442 g/mol. The molecule has 2 aliphatic heterocycles. The lowest BCUT2D eigenvalue weighted by Gasteiger charge is -2.30. The molecule has 2 N–H and O–H groups in total. The van der Waals surface area contributed by atoms with Gasteiger partial charge in [-0.05, 0) is 68.1 Å². The molecule has 2 aromatic carbocycles. The number of aliphatic hydroxyl groups excluding tert-OH is 1. The summed E-state index contributed by atoms with van der Waals surface area (Å²) in [7, 11) is 0. The number of nitrogens with zero attached hydrogens (tertiary/aromatic N) is 2. The van der Waals surface area contributed by atoms with E-state index in [1.165, 1.54) is 6.42 Å². The molecular formula is C28H37N3O4. The Labute approximate surface area is 208 Å². The number of hydrogen-bond acceptors (Lipinski definition) is 5. The molecule has 7 nitrogen and oxygen atoms in total. The molecule has 2 aliphatic rings. The van der Waals surface area contributed by atoms with Crippen LogP contribution >= 0.6 is 0 Å². The van der Waals surface area contributed by atoms with Crippen molar-refractivity contribution in [3.05, 3.63) is 59.7 Å². The second kappa shape index (κ2) is 12.7. The van der Waals surface area contributed by atoms with Crippen LogP contribution in [0.4, 0.5) is 5.69 Å². The van der Waals surface area contributed by atoms with Crippen LogP contribution in [0.5, 0.6) is 5.75 Å². The molecule has 4 rings (SSSR count). The number of aliphatic hydroxyl groups is 1. The summed E-state index contributed by atoms with van der Waals surface area (Å²) < 4.78 is 5.77. The summed E-state index contributed by atoms with van der Waals surface area (Å²) in [5.74, 6) is 0.567. The lowest BCUT2D eigenvalue weighted by Crippen LogP contribution is -2.40. The highest BCUT2D eigenvalue weighted by Crippen LogP contribution is 2.26. The summed E-state index contributed by atoms with van der Waals surface area (Å²) in [6, 6.07) is 15.1. The number of ether oxygens (including phenoxy) is 1. The van der Waals surface area contributed by atoms with Crippen LogP contribution in [0.3, 0.4) is 0 Å². The van der Waals surface area contributed by atoms with Crippen LogP contribution < -0.4 is 15.0 Å². The van der Waals surface area contributed by atoms with Gasteiger partial charge in [0.1, 0.15) is 5.75 Å². The Morgan fingerprint density at radius 2 is 1.69 bits per heavy atom. The Hall–Kier alpha value is -2.90. The van der Waals surface area contributed by atoms with E-state index in [2.05, 4.69) is 5.32 Å². The molecule has 2 amide bonds. The highest BCUT2D eigenvalue weighted by atomic mass is 16.5. The van der Waals surface area contributed by atoms with Gasteiger partial charge in [-0.2, -0.15) is 0 Å². The maximum absolute atomic E-state index is 13.3. The molecule has 0 saturated carbocycles. The fraction of sp³-hybridized carbons (Fsp3) is 0.500. The summed E-state index contributed by atoms with van der Waals surface area (Å²) >= 11 is 0. The van der Waals surface area contributed by atoms with E-state index >= 15 is 0 Å². The lowest BCUT2D eigenvalue weighted by atomic mass is 10.0. The van der Waals surface area contributed by atoms with Gasteiger partial charge in [0.25, 0.3) is 11.8 Å². The van der Waals surface area contributed by atoms with Gasteiger partial charge in [0.2, 0.25) is 0 Å². The van der Waals surface area contributed by atoms with E-state index in [1.807, 2.05) is 58.3 Å². The van der Waals surface area contributed by atoms with Gasteiger partial charge >= 0.3 is 0 Å². The molecule has 0 bridgehead atoms. The number of piperidine rings is 1. The van der Waals surface area contributed by atoms with Gasteiger partial charge in [-0.3, -0.25) is 9.59 Å². The molecule has 1 fully saturated rings. The second-order valence-corrected chi connectivity index (χ2v) is 9.46. The first-order valence-electron chi connectivity index (χ1n) is 12.9. The van der Waals surface area contributed by atoms with Gasteiger partial charge in [0, 0.05) is 37.4 Å². The molecule has 2 aromatic rings. The number of para-hydroxylation sites is 1. The summed E-state index contributed by atoms with van der Waals surface area (Å²) in [4.78, 5) is 30.1. The van der Waals surface area contributed by atoms with Crippen molar-refractivity contribution >= 4 is 17.5 Å². The minimum atomic E-state index is -0.322. The van der Waals surface area contributed by atoms with Gasteiger partial charge in [-0.15, -0.1) is 0 Å². The molecule has 35 heavy (non-hydrogen) atoms. The molecule has 0 unspecified atom stereocenters. The number of nitrogens with one attached hydrogen (secondary N) is 1. The molecule has 0 radical (unpaired) electrons. The quantitative estimate of drug-likeness (QED) is 0.698. The topological polar surface area (TPSA) is 82.1 Å². The highest BCUT2D eigenvalue weighted by molar-refractivity contribution is 5.98. The van der Waals surface area contributed by atoms with Crippen molar-refractivity contribution in [3.63, 3.8) is 0 Å². The van der Waals surface area contributed by atoms with Crippen molar-refractivity contribution < 1.29 is 19.4 Å². The van der Waals surface area contributed by atoms with E-state index in [9.17, 15) is 14.7 Å². The minimum Gasteiger partial charge on any atom is -0.484 e. The third kappa shape index (κ3) is 7.05. The molecule has 0 aromatic heterocycles. The smallest absolute Gasteiger partial charge is 0.264 e. The van der Waals surface area contributed by atoms with E-state index in [-0.39, 0.29) is 24.5 Å². The predicted octanol–water partition coefficient (Wildman–Crippen LogP) is 3.75. The van der Waals surface area contributed by atoms with E-state index in [0.717, 1.165) is 43.5 Å². The maximum atomic E-state index is 13.3. The summed E-state index contributed by atoms with van der Waals surface area (Å²) in [6.07, 6.45) is 6.37. The lowest BCUT2D eigenvalue weighted by molar-refractivity contribution is -0.120. The van der Waals surface area contributed by atoms with E-state index in [4.69, 9.17) is 4.74 Å². The molecule has 0 aliphatic carbocycles. The Bertz CT molecular complexity index is 973. The number of carbonyl (C=O) groups is 2. The van der Waals surface area contributed by atoms with Crippen molar-refractivity contribution in [2.24, 2.45) is 0 Å². The van der Waals surface area contributed by atoms with E-state index in [1.54, 1.807) is 0 Å². The van der Waals surface area contributed by atoms with Gasteiger partial charge < -0.3 is 25.0 Å². The van der Waals surface area contributed by atoms with Gasteiger partial charge in [-0.25, -0.2) is 0 Å². The summed E-state index contributed by atoms with van der Waals surface area (Å²) in [6.45, 7) is 3.23. The van der Waals surface area contributed by atoms with Crippen LogP contribution in [0.25, 0.3) is 0 Å². The third-order valence-corrected chi connectivity index (χ3v) is 6.83. The van der Waals surface area contributed by atoms with Gasteiger partial charge in [0.05, 0.1) is 6.10 Å². The first-order valence-corrected chi connectivity index (χ1v) is 12.9. The Morgan fingerprint density at radius 1 is 0.943 bits per heavy atom. The highest BCUT2D eigenvalue weighted by Gasteiger charge is 2.25. The van der Waals surface area contributed by atoms with Crippen LogP contribution in [-0.4, -0.2) is 60.7 Å². The summed E-state index contributed by atoms with van der Waals surface area (Å²) in [5.41, 5.74) is 2.41. The second-order valence-electron chi connectivity index (χ2n) is 9.46. The minimum absolute atomic E-state index is 0.0175. The zero-order valence-electron chi connectivity index (χ0n) is 20.5. The normalized spacial score (nSPS) is 18.2. The van der Waals surface area contributed by atoms with Crippen LogP contribution in [0.1, 0.15) is 60.9 Å². The Morgan fingerprint density at radius 3 is 2.49 bits per heavy atom. The summed E-state index contributed by atoms with van der Waals surface area (Å²) in [5, 5.41) is 13.3. The number of carbonyl (C=O) groups excluding carboxylic acids is 2. The molecule has 7 heteroatoms. The Balaban J connectivity index is 1.56. The molecule has 2 heterocycles. The monoisotopic (exact) mass is 479 g/mol.